The Balaban J connectivity index is 1.28. The molecule has 162 valence electrons. The highest BCUT2D eigenvalue weighted by Crippen LogP contribution is 2.21. The van der Waals surface area contributed by atoms with E-state index in [0.29, 0.717) is 13.1 Å². The first-order valence-electron chi connectivity index (χ1n) is 10.8. The quantitative estimate of drug-likeness (QED) is 0.577. The molecular formula is C25H30N4O2. The van der Waals surface area contributed by atoms with Gasteiger partial charge in [0.2, 0.25) is 0 Å². The van der Waals surface area contributed by atoms with Crippen LogP contribution < -0.4 is 4.74 Å². The number of aromatic nitrogens is 2. The fourth-order valence-electron chi connectivity index (χ4n) is 4.06. The second kappa shape index (κ2) is 10.5. The van der Waals surface area contributed by atoms with E-state index in [2.05, 4.69) is 57.1 Å². The summed E-state index contributed by atoms with van der Waals surface area (Å²) in [5.74, 6) is 0.816. The average molecular weight is 419 g/mol. The van der Waals surface area contributed by atoms with Gasteiger partial charge in [-0.3, -0.25) is 19.8 Å². The Morgan fingerprint density at radius 2 is 1.87 bits per heavy atom. The molecule has 6 nitrogen and oxygen atoms in total. The summed E-state index contributed by atoms with van der Waals surface area (Å²) in [6.07, 6.45) is 5.68. The van der Waals surface area contributed by atoms with Crippen LogP contribution in [0, 0.1) is 0 Å². The van der Waals surface area contributed by atoms with Gasteiger partial charge in [0.15, 0.2) is 0 Å². The monoisotopic (exact) mass is 418 g/mol. The third-order valence-electron chi connectivity index (χ3n) is 5.57. The molecule has 0 spiro atoms. The predicted molar refractivity (Wildman–Crippen MR) is 121 cm³/mol. The van der Waals surface area contributed by atoms with Crippen molar-refractivity contribution >= 4 is 0 Å². The molecule has 0 bridgehead atoms. The summed E-state index contributed by atoms with van der Waals surface area (Å²) in [5.41, 5.74) is 4.80. The van der Waals surface area contributed by atoms with Gasteiger partial charge in [-0.2, -0.15) is 0 Å². The van der Waals surface area contributed by atoms with Crippen LogP contribution in [0.15, 0.2) is 67.1 Å². The SMILES string of the molecule is CN(Cc1cnccn1)Cc1ccccc1OC[C@H](O)CN1CCc2ccccc2C1. The smallest absolute Gasteiger partial charge is 0.123 e. The number of para-hydroxylation sites is 1. The van der Waals surface area contributed by atoms with Crippen LogP contribution in [0.25, 0.3) is 0 Å². The first kappa shape index (κ1) is 21.4. The van der Waals surface area contributed by atoms with Crippen molar-refractivity contribution < 1.29 is 9.84 Å². The van der Waals surface area contributed by atoms with Crippen molar-refractivity contribution in [2.45, 2.75) is 32.2 Å². The van der Waals surface area contributed by atoms with Crippen LogP contribution in [0.4, 0.5) is 0 Å². The van der Waals surface area contributed by atoms with Gasteiger partial charge in [0, 0.05) is 56.9 Å². The minimum Gasteiger partial charge on any atom is -0.491 e. The highest BCUT2D eigenvalue weighted by molar-refractivity contribution is 5.33. The standard InChI is InChI=1S/C25H30N4O2/c1-28(17-23-14-26-11-12-27-23)15-22-8-4-5-9-25(22)31-19-24(30)18-29-13-10-20-6-2-3-7-21(20)16-29/h2-9,11-12,14,24,30H,10,13,15-19H2,1H3/t24-/m1/s1. The van der Waals surface area contributed by atoms with E-state index >= 15 is 0 Å². The molecule has 0 aliphatic carbocycles. The average Bonchev–Trinajstić information content (AvgIpc) is 2.79. The number of fused-ring (bicyclic) bond motifs is 1. The first-order chi connectivity index (χ1) is 15.2. The molecule has 2 aromatic carbocycles. The molecule has 1 aliphatic heterocycles. The molecule has 6 heteroatoms. The van der Waals surface area contributed by atoms with Gasteiger partial charge in [-0.05, 0) is 30.7 Å². The molecule has 1 N–H and O–H groups in total. The Labute approximate surface area is 184 Å². The summed E-state index contributed by atoms with van der Waals surface area (Å²) < 4.78 is 6.03. The third kappa shape index (κ3) is 6.10. The molecule has 0 amide bonds. The molecule has 1 aromatic heterocycles. The number of rotatable bonds is 9. The van der Waals surface area contributed by atoms with Crippen LogP contribution in [0.2, 0.25) is 0 Å². The van der Waals surface area contributed by atoms with Crippen molar-refractivity contribution in [1.29, 1.82) is 0 Å². The second-order valence-corrected chi connectivity index (χ2v) is 8.20. The van der Waals surface area contributed by atoms with Crippen molar-refractivity contribution in [2.75, 3.05) is 26.7 Å². The van der Waals surface area contributed by atoms with E-state index in [1.165, 1.54) is 11.1 Å². The lowest BCUT2D eigenvalue weighted by atomic mass is 10.00. The Kier molecular flexibility index (Phi) is 7.25. The lowest BCUT2D eigenvalue weighted by molar-refractivity contribution is 0.0632. The van der Waals surface area contributed by atoms with Gasteiger partial charge in [-0.1, -0.05) is 42.5 Å². The van der Waals surface area contributed by atoms with E-state index in [0.717, 1.165) is 43.1 Å². The molecule has 0 saturated carbocycles. The van der Waals surface area contributed by atoms with Gasteiger partial charge in [0.1, 0.15) is 18.5 Å². The highest BCUT2D eigenvalue weighted by atomic mass is 16.5. The number of β-amino-alcohol motifs (C(OH)–C–C–N with tert-alkyl or cyclic N) is 1. The van der Waals surface area contributed by atoms with Crippen molar-refractivity contribution in [3.63, 3.8) is 0 Å². The van der Waals surface area contributed by atoms with Gasteiger partial charge < -0.3 is 9.84 Å². The maximum atomic E-state index is 10.6. The van der Waals surface area contributed by atoms with E-state index < -0.39 is 6.10 Å². The van der Waals surface area contributed by atoms with Crippen molar-refractivity contribution in [1.82, 2.24) is 19.8 Å². The largest absolute Gasteiger partial charge is 0.491 e. The molecule has 0 unspecified atom stereocenters. The zero-order valence-corrected chi connectivity index (χ0v) is 18.0. The van der Waals surface area contributed by atoms with E-state index in [1.54, 1.807) is 18.6 Å². The zero-order chi connectivity index (χ0) is 21.5. The van der Waals surface area contributed by atoms with Crippen LogP contribution in [0.1, 0.15) is 22.4 Å². The molecule has 0 radical (unpaired) electrons. The number of hydrogen-bond donors (Lipinski definition) is 1. The molecule has 31 heavy (non-hydrogen) atoms. The van der Waals surface area contributed by atoms with Gasteiger partial charge in [0.25, 0.3) is 0 Å². The van der Waals surface area contributed by atoms with Crippen molar-refractivity contribution in [3.8, 4) is 5.75 Å². The first-order valence-corrected chi connectivity index (χ1v) is 10.8. The van der Waals surface area contributed by atoms with Crippen molar-refractivity contribution in [3.05, 3.63) is 89.5 Å². The highest BCUT2D eigenvalue weighted by Gasteiger charge is 2.19. The number of ether oxygens (including phenoxy) is 1. The van der Waals surface area contributed by atoms with Crippen LogP contribution in [-0.2, 0) is 26.1 Å². The normalized spacial score (nSPS) is 14.9. The summed E-state index contributed by atoms with van der Waals surface area (Å²) in [5, 5.41) is 10.6. The number of aliphatic hydroxyl groups excluding tert-OH is 1. The molecule has 1 aliphatic rings. The Hall–Kier alpha value is -2.80. The van der Waals surface area contributed by atoms with Crippen LogP contribution >= 0.6 is 0 Å². The fraction of sp³-hybridized carbons (Fsp3) is 0.360. The molecule has 3 aromatic rings. The van der Waals surface area contributed by atoms with E-state index in [1.807, 2.05) is 18.2 Å². The van der Waals surface area contributed by atoms with Gasteiger partial charge >= 0.3 is 0 Å². The Bertz CT molecular complexity index is 967. The number of benzene rings is 2. The maximum Gasteiger partial charge on any atom is 0.123 e. The lowest BCUT2D eigenvalue weighted by Gasteiger charge is -2.30. The van der Waals surface area contributed by atoms with E-state index in [-0.39, 0.29) is 6.61 Å². The molecular weight excluding hydrogens is 388 g/mol. The molecule has 4 rings (SSSR count). The minimum absolute atomic E-state index is 0.281. The zero-order valence-electron chi connectivity index (χ0n) is 18.0. The Morgan fingerprint density at radius 3 is 2.71 bits per heavy atom. The molecule has 1 atom stereocenters. The van der Waals surface area contributed by atoms with Crippen molar-refractivity contribution in [2.24, 2.45) is 0 Å². The van der Waals surface area contributed by atoms with Crippen LogP contribution in [0.5, 0.6) is 5.75 Å². The minimum atomic E-state index is -0.532. The fourth-order valence-corrected chi connectivity index (χ4v) is 4.06. The number of hydrogen-bond acceptors (Lipinski definition) is 6. The van der Waals surface area contributed by atoms with E-state index in [9.17, 15) is 5.11 Å². The predicted octanol–water partition coefficient (Wildman–Crippen LogP) is 2.91. The summed E-state index contributed by atoms with van der Waals surface area (Å²) in [4.78, 5) is 12.9. The summed E-state index contributed by atoms with van der Waals surface area (Å²) in [6.45, 7) is 4.19. The maximum absolute atomic E-state index is 10.6. The molecule has 2 heterocycles. The summed E-state index contributed by atoms with van der Waals surface area (Å²) in [6, 6.07) is 16.6. The number of nitrogens with zero attached hydrogens (tertiary/aromatic N) is 4. The van der Waals surface area contributed by atoms with Crippen LogP contribution in [0.3, 0.4) is 0 Å². The van der Waals surface area contributed by atoms with Gasteiger partial charge in [-0.15, -0.1) is 0 Å². The topological polar surface area (TPSA) is 61.7 Å². The lowest BCUT2D eigenvalue weighted by Crippen LogP contribution is -2.38. The van der Waals surface area contributed by atoms with Crippen LogP contribution in [-0.4, -0.2) is 57.7 Å². The second-order valence-electron chi connectivity index (χ2n) is 8.20. The molecule has 0 fully saturated rings. The van der Waals surface area contributed by atoms with E-state index in [4.69, 9.17) is 4.74 Å². The summed E-state index contributed by atoms with van der Waals surface area (Å²) >= 11 is 0. The summed E-state index contributed by atoms with van der Waals surface area (Å²) in [7, 11) is 2.05. The molecule has 0 saturated heterocycles. The third-order valence-corrected chi connectivity index (χ3v) is 5.57. The van der Waals surface area contributed by atoms with Gasteiger partial charge in [-0.25, -0.2) is 0 Å². The van der Waals surface area contributed by atoms with Gasteiger partial charge in [0.05, 0.1) is 5.69 Å². The Morgan fingerprint density at radius 1 is 1.06 bits per heavy atom. The number of aliphatic hydroxyl groups is 1.